The van der Waals surface area contributed by atoms with E-state index in [9.17, 15) is 13.6 Å². The van der Waals surface area contributed by atoms with Crippen LogP contribution in [0.15, 0.2) is 61.7 Å². The van der Waals surface area contributed by atoms with Crippen molar-refractivity contribution in [2.75, 3.05) is 23.1 Å². The van der Waals surface area contributed by atoms with Gasteiger partial charge < -0.3 is 20.7 Å². The molecule has 0 bridgehead atoms. The molecule has 1 aromatic carbocycles. The second-order valence-corrected chi connectivity index (χ2v) is 7.21. The number of hydrogen-bond acceptors (Lipinski definition) is 8. The lowest BCUT2D eigenvalue weighted by Crippen LogP contribution is -2.08. The summed E-state index contributed by atoms with van der Waals surface area (Å²) in [5.74, 6) is -1.57. The van der Waals surface area contributed by atoms with Crippen LogP contribution in [0.25, 0.3) is 11.1 Å². The van der Waals surface area contributed by atoms with Gasteiger partial charge in [-0.3, -0.25) is 9.48 Å². The summed E-state index contributed by atoms with van der Waals surface area (Å²) in [6, 6.07) is 5.19. The van der Waals surface area contributed by atoms with E-state index in [0.717, 1.165) is 6.08 Å². The van der Waals surface area contributed by atoms with Crippen LogP contribution in [0.4, 0.5) is 37.6 Å². The number of aromatic nitrogens is 5. The van der Waals surface area contributed by atoms with Crippen molar-refractivity contribution >= 4 is 34.7 Å². The van der Waals surface area contributed by atoms with Gasteiger partial charge in [-0.2, -0.15) is 10.1 Å². The van der Waals surface area contributed by atoms with E-state index in [0.29, 0.717) is 22.5 Å². The third-order valence-corrected chi connectivity index (χ3v) is 4.73. The van der Waals surface area contributed by atoms with Crippen LogP contribution < -0.4 is 20.7 Å². The molecule has 0 spiro atoms. The molecule has 0 fully saturated rings. The molecule has 10 nitrogen and oxygen atoms in total. The van der Waals surface area contributed by atoms with Gasteiger partial charge in [0.15, 0.2) is 5.82 Å². The Morgan fingerprint density at radius 2 is 1.91 bits per heavy atom. The molecule has 0 unspecified atom stereocenters. The molecule has 0 saturated carbocycles. The van der Waals surface area contributed by atoms with E-state index in [2.05, 4.69) is 42.6 Å². The van der Waals surface area contributed by atoms with E-state index < -0.39 is 17.5 Å². The third-order valence-electron chi connectivity index (χ3n) is 4.73. The zero-order chi connectivity index (χ0) is 24.9. The topological polar surface area (TPSA) is 119 Å². The molecule has 0 radical (unpaired) electrons. The predicted molar refractivity (Wildman–Crippen MR) is 127 cm³/mol. The number of benzene rings is 1. The first-order valence-electron chi connectivity index (χ1n) is 10.2. The van der Waals surface area contributed by atoms with Crippen LogP contribution in [0.5, 0.6) is 5.88 Å². The Balaban J connectivity index is 1.75. The lowest BCUT2D eigenvalue weighted by Gasteiger charge is -2.14. The highest BCUT2D eigenvalue weighted by Crippen LogP contribution is 2.32. The second-order valence-electron chi connectivity index (χ2n) is 7.21. The number of anilines is 5. The van der Waals surface area contributed by atoms with Gasteiger partial charge in [0, 0.05) is 42.5 Å². The summed E-state index contributed by atoms with van der Waals surface area (Å²) < 4.78 is 35.5. The highest BCUT2D eigenvalue weighted by molar-refractivity contribution is 5.99. The van der Waals surface area contributed by atoms with Gasteiger partial charge in [0.2, 0.25) is 17.7 Å². The fourth-order valence-corrected chi connectivity index (χ4v) is 3.11. The van der Waals surface area contributed by atoms with Crippen LogP contribution in [0.2, 0.25) is 0 Å². The Morgan fingerprint density at radius 3 is 2.60 bits per heavy atom. The van der Waals surface area contributed by atoms with Crippen molar-refractivity contribution in [3.8, 4) is 17.0 Å². The molecule has 12 heteroatoms. The molecule has 4 aromatic rings. The largest absolute Gasteiger partial charge is 0.479 e. The molecule has 0 aliphatic heterocycles. The second kappa shape index (κ2) is 9.95. The van der Waals surface area contributed by atoms with Crippen LogP contribution in [-0.4, -0.2) is 37.7 Å². The van der Waals surface area contributed by atoms with E-state index in [1.165, 1.54) is 43.8 Å². The zero-order valence-electron chi connectivity index (χ0n) is 18.7. The summed E-state index contributed by atoms with van der Waals surface area (Å²) in [6.07, 6.45) is 7.23. The average Bonchev–Trinajstić information content (AvgIpc) is 3.25. The van der Waals surface area contributed by atoms with Gasteiger partial charge in [0.25, 0.3) is 0 Å². The number of nitrogens with one attached hydrogen (secondary N) is 3. The molecule has 0 aliphatic carbocycles. The zero-order valence-corrected chi connectivity index (χ0v) is 18.7. The van der Waals surface area contributed by atoms with Crippen LogP contribution in [0, 0.1) is 11.6 Å². The molecule has 1 amide bonds. The Bertz CT molecular complexity index is 1410. The lowest BCUT2D eigenvalue weighted by atomic mass is 10.1. The maximum atomic E-state index is 14.7. The monoisotopic (exact) mass is 478 g/mol. The fourth-order valence-electron chi connectivity index (χ4n) is 3.11. The van der Waals surface area contributed by atoms with Crippen molar-refractivity contribution in [3.05, 3.63) is 73.3 Å². The smallest absolute Gasteiger partial charge is 0.250 e. The number of pyridine rings is 1. The molecule has 4 rings (SSSR count). The summed E-state index contributed by atoms with van der Waals surface area (Å²) in [5.41, 5.74) is 1.65. The molecule has 35 heavy (non-hydrogen) atoms. The van der Waals surface area contributed by atoms with Crippen LogP contribution in [-0.2, 0) is 11.8 Å². The SMILES string of the molecule is C=CC(=O)Nc1ccc(F)c(Nc2nc(Nc3cnn(C)c3)ncc2-c2cnc(OC)c(F)c2)c1. The normalized spacial score (nSPS) is 10.5. The van der Waals surface area contributed by atoms with E-state index >= 15 is 0 Å². The minimum Gasteiger partial charge on any atom is -0.479 e. The molecule has 0 aliphatic rings. The van der Waals surface area contributed by atoms with Crippen molar-refractivity contribution in [1.29, 1.82) is 0 Å². The number of aryl methyl sites for hydroxylation is 1. The van der Waals surface area contributed by atoms with Crippen molar-refractivity contribution in [2.24, 2.45) is 7.05 Å². The molecule has 3 aromatic heterocycles. The summed E-state index contributed by atoms with van der Waals surface area (Å²) in [5, 5.41) is 12.5. The Kier molecular flexibility index (Phi) is 6.62. The van der Waals surface area contributed by atoms with Crippen LogP contribution in [0.3, 0.4) is 0 Å². The van der Waals surface area contributed by atoms with Crippen molar-refractivity contribution < 1.29 is 18.3 Å². The molecule has 178 valence electrons. The maximum Gasteiger partial charge on any atom is 0.250 e. The molecule has 0 saturated heterocycles. The number of nitrogens with zero attached hydrogens (tertiary/aromatic N) is 5. The van der Waals surface area contributed by atoms with Crippen molar-refractivity contribution in [3.63, 3.8) is 0 Å². The third kappa shape index (κ3) is 5.38. The lowest BCUT2D eigenvalue weighted by molar-refractivity contribution is -0.111. The standard InChI is InChI=1S/C23H20F2N8O2/c1-4-20(34)29-14-5-6-17(24)19(8-14)31-21-16(13-7-18(25)22(35-3)26-9-13)11-27-23(32-21)30-15-10-28-33(2)12-15/h4-12H,1H2,2-3H3,(H,29,34)(H2,27,30,31,32). The highest BCUT2D eigenvalue weighted by Gasteiger charge is 2.16. The van der Waals surface area contributed by atoms with E-state index in [4.69, 9.17) is 4.74 Å². The molecule has 0 atom stereocenters. The Morgan fingerprint density at radius 1 is 1.09 bits per heavy atom. The first-order chi connectivity index (χ1) is 16.9. The molecular weight excluding hydrogens is 458 g/mol. The number of halogens is 2. The highest BCUT2D eigenvalue weighted by atomic mass is 19.1. The minimum atomic E-state index is -0.686. The number of hydrogen-bond donors (Lipinski definition) is 3. The first-order valence-corrected chi connectivity index (χ1v) is 10.2. The average molecular weight is 478 g/mol. The van der Waals surface area contributed by atoms with Gasteiger partial charge in [-0.05, 0) is 30.3 Å². The number of methoxy groups -OCH3 is 1. The number of carbonyl (C=O) groups excluding carboxylic acids is 1. The maximum absolute atomic E-state index is 14.7. The van der Waals surface area contributed by atoms with Crippen molar-refractivity contribution in [2.45, 2.75) is 0 Å². The van der Waals surface area contributed by atoms with Gasteiger partial charge in [-0.25, -0.2) is 18.7 Å². The number of rotatable bonds is 8. The van der Waals surface area contributed by atoms with Crippen LogP contribution >= 0.6 is 0 Å². The molecule has 3 N–H and O–H groups in total. The molecule has 3 heterocycles. The summed E-state index contributed by atoms with van der Waals surface area (Å²) in [7, 11) is 3.06. The number of amides is 1. The summed E-state index contributed by atoms with van der Waals surface area (Å²) >= 11 is 0. The van der Waals surface area contributed by atoms with Gasteiger partial charge in [-0.15, -0.1) is 0 Å². The van der Waals surface area contributed by atoms with E-state index in [1.54, 1.807) is 24.1 Å². The van der Waals surface area contributed by atoms with Gasteiger partial charge in [0.1, 0.15) is 11.6 Å². The fraction of sp³-hybridized carbons (Fsp3) is 0.0870. The molecular formula is C23H20F2N8O2. The summed E-state index contributed by atoms with van der Waals surface area (Å²) in [6.45, 7) is 3.40. The van der Waals surface area contributed by atoms with E-state index in [1.807, 2.05) is 0 Å². The quantitative estimate of drug-likeness (QED) is 0.323. The Labute approximate surface area is 198 Å². The first kappa shape index (κ1) is 23.3. The summed E-state index contributed by atoms with van der Waals surface area (Å²) in [4.78, 5) is 24.3. The van der Waals surface area contributed by atoms with Gasteiger partial charge in [-0.1, -0.05) is 6.58 Å². The predicted octanol–water partition coefficient (Wildman–Crippen LogP) is 4.17. The van der Waals surface area contributed by atoms with Gasteiger partial charge >= 0.3 is 0 Å². The number of carbonyl (C=O) groups is 1. The van der Waals surface area contributed by atoms with Gasteiger partial charge in [0.05, 0.1) is 24.7 Å². The van der Waals surface area contributed by atoms with Crippen molar-refractivity contribution in [1.82, 2.24) is 24.7 Å². The van der Waals surface area contributed by atoms with E-state index in [-0.39, 0.29) is 23.3 Å². The van der Waals surface area contributed by atoms with Crippen LogP contribution in [0.1, 0.15) is 0 Å². The Hall–Kier alpha value is -4.87. The number of ether oxygens (including phenoxy) is 1. The minimum absolute atomic E-state index is 0.0149.